The SMILES string of the molecule is CNCc1cc(C)ccc1N1CCN(CC(F)(F)F)CC1. The van der Waals surface area contributed by atoms with Crippen molar-refractivity contribution < 1.29 is 13.2 Å². The van der Waals surface area contributed by atoms with Crippen LogP contribution < -0.4 is 10.2 Å². The summed E-state index contributed by atoms with van der Waals surface area (Å²) >= 11 is 0. The first-order valence-corrected chi connectivity index (χ1v) is 7.17. The molecule has 0 saturated carbocycles. The normalized spacial score (nSPS) is 17.3. The Labute approximate surface area is 123 Å². The molecule has 0 radical (unpaired) electrons. The summed E-state index contributed by atoms with van der Waals surface area (Å²) in [6.45, 7) is 4.17. The number of benzene rings is 1. The number of nitrogens with one attached hydrogen (secondary N) is 1. The van der Waals surface area contributed by atoms with Crippen LogP contribution in [0.1, 0.15) is 11.1 Å². The van der Waals surface area contributed by atoms with Gasteiger partial charge in [-0.25, -0.2) is 0 Å². The molecule has 0 spiro atoms. The van der Waals surface area contributed by atoms with E-state index >= 15 is 0 Å². The van der Waals surface area contributed by atoms with Crippen molar-refractivity contribution in [1.82, 2.24) is 10.2 Å². The highest BCUT2D eigenvalue weighted by Crippen LogP contribution is 2.24. The minimum absolute atomic E-state index is 0.451. The Morgan fingerprint density at radius 3 is 2.38 bits per heavy atom. The van der Waals surface area contributed by atoms with Gasteiger partial charge in [-0.15, -0.1) is 0 Å². The molecule has 1 aromatic carbocycles. The minimum atomic E-state index is -4.11. The molecule has 0 aliphatic carbocycles. The van der Waals surface area contributed by atoms with Crippen molar-refractivity contribution in [3.63, 3.8) is 0 Å². The molecule has 21 heavy (non-hydrogen) atoms. The maximum Gasteiger partial charge on any atom is 0.401 e. The second-order valence-corrected chi connectivity index (χ2v) is 5.54. The molecule has 1 saturated heterocycles. The van der Waals surface area contributed by atoms with Crippen LogP contribution in [0.5, 0.6) is 0 Å². The minimum Gasteiger partial charge on any atom is -0.369 e. The van der Waals surface area contributed by atoms with Crippen molar-refractivity contribution in [3.8, 4) is 0 Å². The van der Waals surface area contributed by atoms with Crippen molar-refractivity contribution in [1.29, 1.82) is 0 Å². The van der Waals surface area contributed by atoms with Crippen LogP contribution in [-0.2, 0) is 6.54 Å². The zero-order chi connectivity index (χ0) is 15.5. The second kappa shape index (κ2) is 6.66. The Morgan fingerprint density at radius 1 is 1.14 bits per heavy atom. The molecule has 0 bridgehead atoms. The van der Waals surface area contributed by atoms with E-state index in [2.05, 4.69) is 28.4 Å². The van der Waals surface area contributed by atoms with Gasteiger partial charge in [0.15, 0.2) is 0 Å². The zero-order valence-electron chi connectivity index (χ0n) is 12.5. The Bertz CT molecular complexity index is 466. The van der Waals surface area contributed by atoms with Gasteiger partial charge in [0.25, 0.3) is 0 Å². The molecule has 2 rings (SSSR count). The monoisotopic (exact) mass is 301 g/mol. The van der Waals surface area contributed by atoms with Gasteiger partial charge in [0.05, 0.1) is 6.54 Å². The molecule has 1 N–H and O–H groups in total. The quantitative estimate of drug-likeness (QED) is 0.921. The van der Waals surface area contributed by atoms with E-state index in [4.69, 9.17) is 0 Å². The molecular formula is C15H22F3N3. The summed E-state index contributed by atoms with van der Waals surface area (Å²) in [5.74, 6) is 0. The van der Waals surface area contributed by atoms with Crippen LogP contribution in [0.3, 0.4) is 0 Å². The van der Waals surface area contributed by atoms with Gasteiger partial charge in [-0.2, -0.15) is 13.2 Å². The van der Waals surface area contributed by atoms with Crippen LogP contribution in [0.4, 0.5) is 18.9 Å². The van der Waals surface area contributed by atoms with Crippen molar-refractivity contribution in [2.75, 3.05) is 44.7 Å². The Morgan fingerprint density at radius 2 is 1.81 bits per heavy atom. The lowest BCUT2D eigenvalue weighted by Gasteiger charge is -2.37. The number of alkyl halides is 3. The first-order valence-electron chi connectivity index (χ1n) is 7.17. The van der Waals surface area contributed by atoms with Crippen LogP contribution in [0.25, 0.3) is 0 Å². The van der Waals surface area contributed by atoms with Crippen LogP contribution in [0, 0.1) is 6.92 Å². The number of anilines is 1. The summed E-state index contributed by atoms with van der Waals surface area (Å²) in [5.41, 5.74) is 3.52. The van der Waals surface area contributed by atoms with E-state index in [9.17, 15) is 13.2 Å². The fourth-order valence-corrected chi connectivity index (χ4v) is 2.76. The number of nitrogens with zero attached hydrogens (tertiary/aromatic N) is 2. The summed E-state index contributed by atoms with van der Waals surface area (Å²) in [6.07, 6.45) is -4.11. The summed E-state index contributed by atoms with van der Waals surface area (Å²) in [7, 11) is 1.90. The number of piperazine rings is 1. The maximum atomic E-state index is 12.4. The van der Waals surface area contributed by atoms with Gasteiger partial charge in [-0.1, -0.05) is 17.7 Å². The summed E-state index contributed by atoms with van der Waals surface area (Å²) in [6, 6.07) is 6.26. The summed E-state index contributed by atoms with van der Waals surface area (Å²) < 4.78 is 37.2. The maximum absolute atomic E-state index is 12.4. The lowest BCUT2D eigenvalue weighted by molar-refractivity contribution is -0.146. The summed E-state index contributed by atoms with van der Waals surface area (Å²) in [4.78, 5) is 3.65. The van der Waals surface area contributed by atoms with E-state index in [0.717, 1.165) is 12.2 Å². The molecular weight excluding hydrogens is 279 g/mol. The first-order chi connectivity index (χ1) is 9.89. The largest absolute Gasteiger partial charge is 0.401 e. The van der Waals surface area contributed by atoms with Crippen LogP contribution in [-0.4, -0.2) is 50.8 Å². The molecule has 1 aromatic rings. The predicted octanol–water partition coefficient (Wildman–Crippen LogP) is 2.40. The highest BCUT2D eigenvalue weighted by Gasteiger charge is 2.32. The molecule has 0 amide bonds. The average Bonchev–Trinajstić information content (AvgIpc) is 2.39. The molecule has 0 unspecified atom stereocenters. The Hall–Kier alpha value is -1.27. The number of rotatable bonds is 4. The number of aryl methyl sites for hydroxylation is 1. The predicted molar refractivity (Wildman–Crippen MR) is 78.7 cm³/mol. The Balaban J connectivity index is 2.02. The van der Waals surface area contributed by atoms with Crippen molar-refractivity contribution in [3.05, 3.63) is 29.3 Å². The van der Waals surface area contributed by atoms with Crippen molar-refractivity contribution >= 4 is 5.69 Å². The van der Waals surface area contributed by atoms with E-state index < -0.39 is 12.7 Å². The zero-order valence-corrected chi connectivity index (χ0v) is 12.5. The molecule has 3 nitrogen and oxygen atoms in total. The van der Waals surface area contributed by atoms with Gasteiger partial charge in [0, 0.05) is 38.4 Å². The molecule has 1 aliphatic rings. The topological polar surface area (TPSA) is 18.5 Å². The third kappa shape index (κ3) is 4.61. The van der Waals surface area contributed by atoms with Gasteiger partial charge in [0.2, 0.25) is 0 Å². The molecule has 0 aromatic heterocycles. The third-order valence-electron chi connectivity index (χ3n) is 3.72. The second-order valence-electron chi connectivity index (χ2n) is 5.54. The average molecular weight is 301 g/mol. The van der Waals surface area contributed by atoms with E-state index in [-0.39, 0.29) is 0 Å². The van der Waals surface area contributed by atoms with Crippen LogP contribution in [0.2, 0.25) is 0 Å². The molecule has 6 heteroatoms. The van der Waals surface area contributed by atoms with Crippen molar-refractivity contribution in [2.24, 2.45) is 0 Å². The fraction of sp³-hybridized carbons (Fsp3) is 0.600. The van der Waals surface area contributed by atoms with Gasteiger partial charge >= 0.3 is 6.18 Å². The smallest absolute Gasteiger partial charge is 0.369 e. The highest BCUT2D eigenvalue weighted by molar-refractivity contribution is 5.55. The standard InChI is InChI=1S/C15H22F3N3/c1-12-3-4-14(13(9-12)10-19-2)21-7-5-20(6-8-21)11-15(16,17)18/h3-4,9,19H,5-8,10-11H2,1-2H3. The first kappa shape index (κ1) is 16.1. The number of halogens is 3. The molecule has 118 valence electrons. The van der Waals surface area contributed by atoms with Crippen LogP contribution >= 0.6 is 0 Å². The van der Waals surface area contributed by atoms with E-state index in [0.29, 0.717) is 26.2 Å². The highest BCUT2D eigenvalue weighted by atomic mass is 19.4. The molecule has 0 atom stereocenters. The lowest BCUT2D eigenvalue weighted by Crippen LogP contribution is -2.49. The van der Waals surface area contributed by atoms with E-state index in [1.807, 2.05) is 14.0 Å². The summed E-state index contributed by atoms with van der Waals surface area (Å²) in [5, 5.41) is 3.14. The van der Waals surface area contributed by atoms with Gasteiger partial charge in [-0.05, 0) is 25.6 Å². The van der Waals surface area contributed by atoms with Crippen molar-refractivity contribution in [2.45, 2.75) is 19.6 Å². The molecule has 1 heterocycles. The number of hydrogen-bond donors (Lipinski definition) is 1. The lowest BCUT2D eigenvalue weighted by atomic mass is 10.1. The van der Waals surface area contributed by atoms with E-state index in [1.165, 1.54) is 16.0 Å². The Kier molecular flexibility index (Phi) is 5.11. The third-order valence-corrected chi connectivity index (χ3v) is 3.72. The van der Waals surface area contributed by atoms with E-state index in [1.54, 1.807) is 0 Å². The number of hydrogen-bond acceptors (Lipinski definition) is 3. The van der Waals surface area contributed by atoms with Gasteiger partial charge in [0.1, 0.15) is 0 Å². The van der Waals surface area contributed by atoms with Crippen LogP contribution in [0.15, 0.2) is 18.2 Å². The van der Waals surface area contributed by atoms with Gasteiger partial charge in [-0.3, -0.25) is 4.90 Å². The fourth-order valence-electron chi connectivity index (χ4n) is 2.76. The molecule has 1 aliphatic heterocycles. The van der Waals surface area contributed by atoms with Gasteiger partial charge < -0.3 is 10.2 Å². The molecule has 1 fully saturated rings.